The molecule has 5 heteroatoms. The lowest BCUT2D eigenvalue weighted by molar-refractivity contribution is 0.546. The maximum absolute atomic E-state index is 4.14. The summed E-state index contributed by atoms with van der Waals surface area (Å²) in [5, 5.41) is 10.2. The van der Waals surface area contributed by atoms with Gasteiger partial charge in [-0.25, -0.2) is 4.98 Å². The molecule has 2 N–H and O–H groups in total. The van der Waals surface area contributed by atoms with E-state index in [1.165, 1.54) is 23.3 Å². The zero-order valence-corrected chi connectivity index (χ0v) is 10.8. The largest absolute Gasteiger partial charge is 0.352 e. The molecule has 0 radical (unpaired) electrons. The molecule has 2 heterocycles. The molecular formula is C12H19N5. The Morgan fingerprint density at radius 1 is 1.47 bits per heavy atom. The van der Waals surface area contributed by atoms with E-state index >= 15 is 0 Å². The van der Waals surface area contributed by atoms with E-state index in [4.69, 9.17) is 0 Å². The van der Waals surface area contributed by atoms with Gasteiger partial charge in [-0.15, -0.1) is 0 Å². The maximum atomic E-state index is 4.14. The first kappa shape index (κ1) is 11.9. The molecule has 0 aliphatic heterocycles. The molecule has 0 aliphatic rings. The number of aromatic amines is 1. The van der Waals surface area contributed by atoms with Gasteiger partial charge in [0.1, 0.15) is 12.2 Å². The first-order valence-electron chi connectivity index (χ1n) is 5.80. The smallest absolute Gasteiger partial charge is 0.141 e. The number of aryl methyl sites for hydroxylation is 1. The number of hydrogen-bond acceptors (Lipinski definition) is 3. The molecule has 0 saturated carbocycles. The summed E-state index contributed by atoms with van der Waals surface area (Å²) in [6, 6.07) is 2.40. The summed E-state index contributed by atoms with van der Waals surface area (Å²) in [6.07, 6.45) is 1.53. The van der Waals surface area contributed by atoms with Crippen LogP contribution in [0.15, 0.2) is 12.4 Å². The maximum Gasteiger partial charge on any atom is 0.141 e. The number of nitrogens with one attached hydrogen (secondary N) is 2. The lowest BCUT2D eigenvalue weighted by Gasteiger charge is -2.10. The molecule has 5 nitrogen and oxygen atoms in total. The van der Waals surface area contributed by atoms with E-state index in [2.05, 4.69) is 59.0 Å². The number of H-pyrrole nitrogens is 1. The molecule has 1 atom stereocenters. The number of aromatic nitrogens is 4. The minimum Gasteiger partial charge on any atom is -0.352 e. The highest BCUT2D eigenvalue weighted by Crippen LogP contribution is 2.14. The Labute approximate surface area is 101 Å². The molecule has 0 bridgehead atoms. The predicted octanol–water partition coefficient (Wildman–Crippen LogP) is 1.61. The van der Waals surface area contributed by atoms with Crippen LogP contribution in [0.1, 0.15) is 35.7 Å². The van der Waals surface area contributed by atoms with Crippen molar-refractivity contribution in [1.82, 2.24) is 25.1 Å². The van der Waals surface area contributed by atoms with Crippen molar-refractivity contribution in [2.24, 2.45) is 7.05 Å². The Hall–Kier alpha value is -1.62. The highest BCUT2D eigenvalue weighted by molar-refractivity contribution is 5.26. The van der Waals surface area contributed by atoms with Gasteiger partial charge in [0.25, 0.3) is 0 Å². The first-order chi connectivity index (χ1) is 8.09. The van der Waals surface area contributed by atoms with Gasteiger partial charge in [-0.2, -0.15) is 5.10 Å². The van der Waals surface area contributed by atoms with E-state index in [0.717, 1.165) is 12.4 Å². The third-order valence-corrected chi connectivity index (χ3v) is 3.32. The molecule has 92 valence electrons. The van der Waals surface area contributed by atoms with E-state index in [0.29, 0.717) is 0 Å². The van der Waals surface area contributed by atoms with Crippen molar-refractivity contribution in [3.05, 3.63) is 35.2 Å². The van der Waals surface area contributed by atoms with Crippen LogP contribution in [0.25, 0.3) is 0 Å². The lowest BCUT2D eigenvalue weighted by atomic mass is 10.2. The summed E-state index contributed by atoms with van der Waals surface area (Å²) in [7, 11) is 2.09. The minimum atomic E-state index is 0.178. The van der Waals surface area contributed by atoms with Gasteiger partial charge in [0.05, 0.1) is 6.04 Å². The third-order valence-electron chi connectivity index (χ3n) is 3.32. The van der Waals surface area contributed by atoms with Crippen LogP contribution in [-0.2, 0) is 13.6 Å². The Balaban J connectivity index is 2.00. The molecule has 0 fully saturated rings. The van der Waals surface area contributed by atoms with Crippen LogP contribution in [0.5, 0.6) is 0 Å². The van der Waals surface area contributed by atoms with Gasteiger partial charge >= 0.3 is 0 Å². The number of hydrogen-bond donors (Lipinski definition) is 2. The van der Waals surface area contributed by atoms with E-state index in [1.54, 1.807) is 0 Å². The predicted molar refractivity (Wildman–Crippen MR) is 66.5 cm³/mol. The quantitative estimate of drug-likeness (QED) is 0.843. The third kappa shape index (κ3) is 2.39. The van der Waals surface area contributed by atoms with Crippen LogP contribution >= 0.6 is 0 Å². The minimum absolute atomic E-state index is 0.178. The second-order valence-electron chi connectivity index (χ2n) is 4.43. The zero-order chi connectivity index (χ0) is 12.4. The van der Waals surface area contributed by atoms with Gasteiger partial charge in [0.15, 0.2) is 0 Å². The van der Waals surface area contributed by atoms with Crippen LogP contribution in [0.4, 0.5) is 0 Å². The highest BCUT2D eigenvalue weighted by atomic mass is 15.2. The molecule has 2 aromatic rings. The molecule has 0 aliphatic carbocycles. The zero-order valence-electron chi connectivity index (χ0n) is 10.8. The normalized spacial score (nSPS) is 12.9. The van der Waals surface area contributed by atoms with Gasteiger partial charge in [-0.05, 0) is 32.4 Å². The molecule has 2 aromatic heterocycles. The summed E-state index contributed by atoms with van der Waals surface area (Å²) in [4.78, 5) is 4.14. The molecule has 0 amide bonds. The van der Waals surface area contributed by atoms with Crippen LogP contribution < -0.4 is 5.32 Å². The van der Waals surface area contributed by atoms with Crippen LogP contribution in [0.2, 0.25) is 0 Å². The first-order valence-corrected chi connectivity index (χ1v) is 5.80. The summed E-state index contributed by atoms with van der Waals surface area (Å²) >= 11 is 0. The monoisotopic (exact) mass is 233 g/mol. The summed E-state index contributed by atoms with van der Waals surface area (Å²) in [5.74, 6) is 0.871. The van der Waals surface area contributed by atoms with Crippen molar-refractivity contribution in [2.45, 2.75) is 33.4 Å². The topological polar surface area (TPSA) is 58.5 Å². The fraction of sp³-hybridized carbons (Fsp3) is 0.500. The van der Waals surface area contributed by atoms with E-state index in [9.17, 15) is 0 Å². The molecular weight excluding hydrogens is 214 g/mol. The fourth-order valence-electron chi connectivity index (χ4n) is 1.90. The molecule has 1 unspecified atom stereocenters. The van der Waals surface area contributed by atoms with Crippen molar-refractivity contribution >= 4 is 0 Å². The van der Waals surface area contributed by atoms with Crippen molar-refractivity contribution < 1.29 is 0 Å². The Morgan fingerprint density at radius 2 is 2.24 bits per heavy atom. The SMILES string of the molecule is Cc1cc(CNC(C)c2ncn[nH]2)c(C)n1C. The van der Waals surface area contributed by atoms with Crippen LogP contribution in [0.3, 0.4) is 0 Å². The van der Waals surface area contributed by atoms with Crippen molar-refractivity contribution in [3.8, 4) is 0 Å². The van der Waals surface area contributed by atoms with E-state index < -0.39 is 0 Å². The summed E-state index contributed by atoms with van der Waals surface area (Å²) in [6.45, 7) is 7.18. The van der Waals surface area contributed by atoms with Crippen LogP contribution in [-0.4, -0.2) is 19.7 Å². The summed E-state index contributed by atoms with van der Waals surface area (Å²) in [5.41, 5.74) is 3.92. The van der Waals surface area contributed by atoms with E-state index in [-0.39, 0.29) is 6.04 Å². The molecule has 17 heavy (non-hydrogen) atoms. The number of rotatable bonds is 4. The van der Waals surface area contributed by atoms with Gasteiger partial charge in [0.2, 0.25) is 0 Å². The molecule has 0 aromatic carbocycles. The van der Waals surface area contributed by atoms with Crippen molar-refractivity contribution in [1.29, 1.82) is 0 Å². The van der Waals surface area contributed by atoms with Crippen LogP contribution in [0, 0.1) is 13.8 Å². The second-order valence-corrected chi connectivity index (χ2v) is 4.43. The molecule has 0 saturated heterocycles. The number of nitrogens with zero attached hydrogens (tertiary/aromatic N) is 3. The highest BCUT2D eigenvalue weighted by Gasteiger charge is 2.10. The van der Waals surface area contributed by atoms with Gasteiger partial charge in [-0.1, -0.05) is 0 Å². The van der Waals surface area contributed by atoms with Crippen molar-refractivity contribution in [3.63, 3.8) is 0 Å². The second kappa shape index (κ2) is 4.71. The molecule has 2 rings (SSSR count). The van der Waals surface area contributed by atoms with Crippen molar-refractivity contribution in [2.75, 3.05) is 0 Å². The average Bonchev–Trinajstić information content (AvgIpc) is 2.91. The standard InChI is InChI=1S/C12H19N5/c1-8-5-11(10(3)17(8)4)6-13-9(2)12-14-7-15-16-12/h5,7,9,13H,6H2,1-4H3,(H,14,15,16). The Bertz CT molecular complexity index is 483. The Kier molecular flexibility index (Phi) is 3.28. The fourth-order valence-corrected chi connectivity index (χ4v) is 1.90. The van der Waals surface area contributed by atoms with Gasteiger partial charge < -0.3 is 9.88 Å². The van der Waals surface area contributed by atoms with Gasteiger partial charge in [0, 0.05) is 25.0 Å². The van der Waals surface area contributed by atoms with E-state index in [1.807, 2.05) is 0 Å². The van der Waals surface area contributed by atoms with Gasteiger partial charge in [-0.3, -0.25) is 5.10 Å². The average molecular weight is 233 g/mol. The Morgan fingerprint density at radius 3 is 2.76 bits per heavy atom. The summed E-state index contributed by atoms with van der Waals surface area (Å²) < 4.78 is 2.20. The lowest BCUT2D eigenvalue weighted by Crippen LogP contribution is -2.19. The molecule has 0 spiro atoms.